The number of aromatic nitrogens is 3. The van der Waals surface area contributed by atoms with Gasteiger partial charge >= 0.3 is 6.18 Å². The molecule has 0 fully saturated rings. The van der Waals surface area contributed by atoms with E-state index in [0.29, 0.717) is 17.5 Å². The fraction of sp³-hybridized carbons (Fsp3) is 0.167. The minimum absolute atomic E-state index is 0.223. The van der Waals surface area contributed by atoms with Crippen molar-refractivity contribution in [1.82, 2.24) is 15.0 Å². The maximum absolute atomic E-state index is 13.2. The van der Waals surface area contributed by atoms with Crippen LogP contribution in [0.1, 0.15) is 5.56 Å². The number of hydrogen-bond donors (Lipinski definition) is 2. The van der Waals surface area contributed by atoms with Crippen LogP contribution in [0.4, 0.5) is 30.6 Å². The first-order valence-electron chi connectivity index (χ1n) is 7.90. The van der Waals surface area contributed by atoms with Gasteiger partial charge in [0.1, 0.15) is 11.6 Å². The highest BCUT2D eigenvalue weighted by Crippen LogP contribution is 2.38. The fourth-order valence-electron chi connectivity index (χ4n) is 2.44. The fourth-order valence-corrected chi connectivity index (χ4v) is 2.44. The molecule has 3 rings (SSSR count). The summed E-state index contributed by atoms with van der Waals surface area (Å²) in [5, 5.41) is 5.72. The minimum Gasteiger partial charge on any atom is -0.496 e. The Morgan fingerprint density at radius 2 is 1.89 bits per heavy atom. The van der Waals surface area contributed by atoms with E-state index < -0.39 is 11.7 Å². The molecule has 3 aromatic rings. The van der Waals surface area contributed by atoms with Crippen LogP contribution in [0, 0.1) is 0 Å². The van der Waals surface area contributed by atoms with Crippen LogP contribution in [0.5, 0.6) is 5.75 Å². The number of halogens is 3. The third-order valence-corrected chi connectivity index (χ3v) is 3.68. The van der Waals surface area contributed by atoms with Gasteiger partial charge in [-0.05, 0) is 30.3 Å². The normalized spacial score (nSPS) is 11.1. The zero-order valence-electron chi connectivity index (χ0n) is 14.5. The van der Waals surface area contributed by atoms with Crippen molar-refractivity contribution in [1.29, 1.82) is 0 Å². The van der Waals surface area contributed by atoms with E-state index in [4.69, 9.17) is 4.74 Å². The predicted octanol–water partition coefficient (Wildman–Crippen LogP) is 4.35. The van der Waals surface area contributed by atoms with E-state index in [9.17, 15) is 13.2 Å². The van der Waals surface area contributed by atoms with Crippen LogP contribution in [0.15, 0.2) is 48.8 Å². The second kappa shape index (κ2) is 7.48. The molecule has 2 aromatic heterocycles. The van der Waals surface area contributed by atoms with Crippen molar-refractivity contribution in [3.8, 4) is 17.0 Å². The van der Waals surface area contributed by atoms with Gasteiger partial charge in [-0.3, -0.25) is 4.98 Å². The molecule has 1 aromatic carbocycles. The minimum atomic E-state index is -4.54. The van der Waals surface area contributed by atoms with Gasteiger partial charge in [0.05, 0.1) is 18.4 Å². The smallest absolute Gasteiger partial charge is 0.420 e. The lowest BCUT2D eigenvalue weighted by molar-refractivity contribution is -0.138. The second-order valence-electron chi connectivity index (χ2n) is 5.49. The molecule has 0 spiro atoms. The van der Waals surface area contributed by atoms with Gasteiger partial charge in [0.25, 0.3) is 0 Å². The van der Waals surface area contributed by atoms with Crippen molar-refractivity contribution >= 4 is 17.5 Å². The van der Waals surface area contributed by atoms with Gasteiger partial charge in [0.15, 0.2) is 0 Å². The molecule has 0 amide bonds. The van der Waals surface area contributed by atoms with E-state index in [1.165, 1.54) is 19.2 Å². The maximum Gasteiger partial charge on any atom is 0.420 e. The molecule has 0 aliphatic carbocycles. The summed E-state index contributed by atoms with van der Waals surface area (Å²) >= 11 is 0. The van der Waals surface area contributed by atoms with E-state index in [2.05, 4.69) is 25.6 Å². The third-order valence-electron chi connectivity index (χ3n) is 3.68. The number of nitrogens with zero attached hydrogens (tertiary/aromatic N) is 3. The maximum atomic E-state index is 13.2. The first-order chi connectivity index (χ1) is 12.9. The van der Waals surface area contributed by atoms with Crippen LogP contribution in [0.25, 0.3) is 11.3 Å². The van der Waals surface area contributed by atoms with Gasteiger partial charge in [0, 0.05) is 36.8 Å². The molecule has 0 bridgehead atoms. The van der Waals surface area contributed by atoms with Crippen molar-refractivity contribution in [2.24, 2.45) is 0 Å². The summed E-state index contributed by atoms with van der Waals surface area (Å²) in [4.78, 5) is 12.6. The first kappa shape index (κ1) is 18.4. The number of pyridine rings is 1. The average Bonchev–Trinajstić information content (AvgIpc) is 2.67. The molecule has 0 radical (unpaired) electrons. The summed E-state index contributed by atoms with van der Waals surface area (Å²) in [6.07, 6.45) is -1.26. The second-order valence-corrected chi connectivity index (χ2v) is 5.49. The molecular formula is C18H16F3N5O. The first-order valence-corrected chi connectivity index (χ1v) is 7.90. The number of benzene rings is 1. The van der Waals surface area contributed by atoms with E-state index >= 15 is 0 Å². The Balaban J connectivity index is 1.98. The lowest BCUT2D eigenvalue weighted by atomic mass is 10.1. The Bertz CT molecular complexity index is 932. The van der Waals surface area contributed by atoms with Crippen molar-refractivity contribution in [2.75, 3.05) is 24.8 Å². The van der Waals surface area contributed by atoms with Gasteiger partial charge in [-0.1, -0.05) is 0 Å². The molecule has 27 heavy (non-hydrogen) atoms. The Labute approximate surface area is 153 Å². The van der Waals surface area contributed by atoms with E-state index in [0.717, 1.165) is 11.6 Å². The lowest BCUT2D eigenvalue weighted by Crippen LogP contribution is -2.08. The molecule has 0 saturated carbocycles. The molecule has 0 aliphatic rings. The molecule has 0 aliphatic heterocycles. The molecule has 0 unspecified atom stereocenters. The van der Waals surface area contributed by atoms with Crippen molar-refractivity contribution < 1.29 is 17.9 Å². The monoisotopic (exact) mass is 375 g/mol. The SMILES string of the molecule is CNc1nc(Nc2ccc(OC)c(C(F)(F)F)c2)cc(-c2cccnc2)n1. The zero-order chi connectivity index (χ0) is 19.4. The molecule has 0 atom stereocenters. The quantitative estimate of drug-likeness (QED) is 0.691. The van der Waals surface area contributed by atoms with Crippen LogP contribution in [-0.4, -0.2) is 29.1 Å². The largest absolute Gasteiger partial charge is 0.496 e. The van der Waals surface area contributed by atoms with E-state index in [-0.39, 0.29) is 11.4 Å². The van der Waals surface area contributed by atoms with Crippen molar-refractivity contribution in [3.63, 3.8) is 0 Å². The van der Waals surface area contributed by atoms with Crippen LogP contribution < -0.4 is 15.4 Å². The van der Waals surface area contributed by atoms with E-state index in [1.807, 2.05) is 6.07 Å². The summed E-state index contributed by atoms with van der Waals surface area (Å²) in [6, 6.07) is 8.95. The van der Waals surface area contributed by atoms with E-state index in [1.54, 1.807) is 31.6 Å². The highest BCUT2D eigenvalue weighted by molar-refractivity contribution is 5.67. The Kier molecular flexibility index (Phi) is 5.11. The third kappa shape index (κ3) is 4.25. The molecule has 2 N–H and O–H groups in total. The zero-order valence-corrected chi connectivity index (χ0v) is 14.5. The highest BCUT2D eigenvalue weighted by atomic mass is 19.4. The summed E-state index contributed by atoms with van der Waals surface area (Å²) in [7, 11) is 2.85. The Hall–Kier alpha value is -3.36. The Morgan fingerprint density at radius 1 is 1.07 bits per heavy atom. The molecule has 0 saturated heterocycles. The number of nitrogens with one attached hydrogen (secondary N) is 2. The van der Waals surface area contributed by atoms with Crippen LogP contribution in [0.2, 0.25) is 0 Å². The number of alkyl halides is 3. The topological polar surface area (TPSA) is 72.0 Å². The summed E-state index contributed by atoms with van der Waals surface area (Å²) in [5.41, 5.74) is 0.686. The number of ether oxygens (including phenoxy) is 1. The predicted molar refractivity (Wildman–Crippen MR) is 96.1 cm³/mol. The molecule has 9 heteroatoms. The number of rotatable bonds is 5. The molecule has 6 nitrogen and oxygen atoms in total. The van der Waals surface area contributed by atoms with Crippen LogP contribution in [0.3, 0.4) is 0 Å². The highest BCUT2D eigenvalue weighted by Gasteiger charge is 2.34. The lowest BCUT2D eigenvalue weighted by Gasteiger charge is -2.15. The number of methoxy groups -OCH3 is 1. The van der Waals surface area contributed by atoms with Gasteiger partial charge in [-0.2, -0.15) is 18.2 Å². The van der Waals surface area contributed by atoms with Gasteiger partial charge in [0.2, 0.25) is 5.95 Å². The summed E-state index contributed by atoms with van der Waals surface area (Å²) in [6.45, 7) is 0. The van der Waals surface area contributed by atoms with Crippen LogP contribution >= 0.6 is 0 Å². The standard InChI is InChI=1S/C18H16F3N5O/c1-22-17-25-14(11-4-3-7-23-10-11)9-16(26-17)24-12-5-6-15(27-2)13(8-12)18(19,20)21/h3-10H,1-2H3,(H2,22,24,25,26). The number of anilines is 3. The van der Waals surface area contributed by atoms with Crippen LogP contribution in [-0.2, 0) is 6.18 Å². The van der Waals surface area contributed by atoms with Crippen molar-refractivity contribution in [3.05, 3.63) is 54.4 Å². The summed E-state index contributed by atoms with van der Waals surface area (Å²) in [5.74, 6) is 0.414. The van der Waals surface area contributed by atoms with Gasteiger partial charge in [-0.15, -0.1) is 0 Å². The average molecular weight is 375 g/mol. The summed E-state index contributed by atoms with van der Waals surface area (Å²) < 4.78 is 44.4. The molecule has 140 valence electrons. The molecular weight excluding hydrogens is 359 g/mol. The van der Waals surface area contributed by atoms with Gasteiger partial charge < -0.3 is 15.4 Å². The van der Waals surface area contributed by atoms with Crippen molar-refractivity contribution in [2.45, 2.75) is 6.18 Å². The van der Waals surface area contributed by atoms with Gasteiger partial charge in [-0.25, -0.2) is 4.98 Å². The number of hydrogen-bond acceptors (Lipinski definition) is 6. The molecule has 2 heterocycles. The Morgan fingerprint density at radius 3 is 2.52 bits per heavy atom.